The molecular weight excluding hydrogens is 276 g/mol. The molecule has 0 aliphatic heterocycles. The molecule has 7 heteroatoms. The first-order valence-corrected chi connectivity index (χ1v) is 7.35. The van der Waals surface area contributed by atoms with Crippen LogP contribution in [0.5, 0.6) is 0 Å². The summed E-state index contributed by atoms with van der Waals surface area (Å²) in [5.41, 5.74) is 5.19. The van der Waals surface area contributed by atoms with Gasteiger partial charge in [0.2, 0.25) is 10.0 Å². The highest BCUT2D eigenvalue weighted by molar-refractivity contribution is 7.89. The summed E-state index contributed by atoms with van der Waals surface area (Å²) in [5, 5.41) is 9.22. The van der Waals surface area contributed by atoms with E-state index < -0.39 is 10.0 Å². The van der Waals surface area contributed by atoms with E-state index in [2.05, 4.69) is 15.5 Å². The number of benzene rings is 1. The van der Waals surface area contributed by atoms with Crippen molar-refractivity contribution in [2.45, 2.75) is 11.8 Å². The second-order valence-electron chi connectivity index (χ2n) is 4.12. The molecule has 0 unspecified atom stereocenters. The number of nitrogens with two attached hydrogens (primary N) is 1. The monoisotopic (exact) mass is 290 g/mol. The molecule has 1 aromatic heterocycles. The summed E-state index contributed by atoms with van der Waals surface area (Å²) in [7, 11) is -3.67. The van der Waals surface area contributed by atoms with E-state index in [1.54, 1.807) is 24.5 Å². The van der Waals surface area contributed by atoms with E-state index in [9.17, 15) is 8.42 Å². The average molecular weight is 290 g/mol. The minimum atomic E-state index is -3.67. The van der Waals surface area contributed by atoms with E-state index in [1.165, 1.54) is 12.1 Å². The van der Waals surface area contributed by atoms with Crippen LogP contribution in [-0.4, -0.2) is 19.1 Å². The Morgan fingerprint density at radius 2 is 1.95 bits per heavy atom. The van der Waals surface area contributed by atoms with Crippen LogP contribution in [-0.2, 0) is 10.0 Å². The predicted octanol–water partition coefficient (Wildman–Crippen LogP) is 1.57. The van der Waals surface area contributed by atoms with Crippen molar-refractivity contribution in [3.05, 3.63) is 54.4 Å². The molecule has 104 valence electrons. The maximum atomic E-state index is 11.1. The fraction of sp³-hybridized carbons (Fsp3) is 0.0769. The van der Waals surface area contributed by atoms with Crippen LogP contribution >= 0.6 is 0 Å². The molecule has 0 aliphatic rings. The molecule has 0 aliphatic carbocycles. The third kappa shape index (κ3) is 3.62. The Bertz CT molecular complexity index is 710. The molecule has 0 saturated heterocycles. The Balaban J connectivity index is 2.12. The summed E-state index contributed by atoms with van der Waals surface area (Å²) in [6, 6.07) is 9.77. The molecule has 0 atom stereocenters. The van der Waals surface area contributed by atoms with Crippen LogP contribution in [0.1, 0.15) is 12.5 Å². The summed E-state index contributed by atoms with van der Waals surface area (Å²) in [6.45, 7) is 1.85. The molecule has 20 heavy (non-hydrogen) atoms. The molecule has 2 rings (SSSR count). The van der Waals surface area contributed by atoms with Crippen molar-refractivity contribution >= 4 is 21.4 Å². The molecule has 0 amide bonds. The zero-order chi connectivity index (χ0) is 14.6. The van der Waals surface area contributed by atoms with Gasteiger partial charge in [-0.3, -0.25) is 10.4 Å². The van der Waals surface area contributed by atoms with Gasteiger partial charge in [-0.2, -0.15) is 5.10 Å². The number of nitrogens with one attached hydrogen (secondary N) is 1. The maximum absolute atomic E-state index is 11.1. The summed E-state index contributed by atoms with van der Waals surface area (Å²) in [4.78, 5) is 4.08. The summed E-state index contributed by atoms with van der Waals surface area (Å²) < 4.78 is 22.2. The Morgan fingerprint density at radius 1 is 1.25 bits per heavy atom. The van der Waals surface area contributed by atoms with Crippen LogP contribution < -0.4 is 10.6 Å². The Hall–Kier alpha value is -2.25. The molecule has 1 aromatic carbocycles. The smallest absolute Gasteiger partial charge is 0.238 e. The Morgan fingerprint density at radius 3 is 2.50 bits per heavy atom. The molecule has 3 N–H and O–H groups in total. The number of hydrazone groups is 1. The zero-order valence-corrected chi connectivity index (χ0v) is 11.6. The number of pyridine rings is 1. The van der Waals surface area contributed by atoms with Crippen molar-refractivity contribution in [3.8, 4) is 0 Å². The van der Waals surface area contributed by atoms with Gasteiger partial charge in [0.15, 0.2) is 0 Å². The highest BCUT2D eigenvalue weighted by Crippen LogP contribution is 2.13. The lowest BCUT2D eigenvalue weighted by Crippen LogP contribution is -2.11. The average Bonchev–Trinajstić information content (AvgIpc) is 2.45. The van der Waals surface area contributed by atoms with Gasteiger partial charge in [-0.1, -0.05) is 6.07 Å². The van der Waals surface area contributed by atoms with Gasteiger partial charge in [0.25, 0.3) is 0 Å². The van der Waals surface area contributed by atoms with Crippen molar-refractivity contribution in [2.75, 3.05) is 5.43 Å². The van der Waals surface area contributed by atoms with E-state index in [1.807, 2.05) is 19.1 Å². The third-order valence-electron chi connectivity index (χ3n) is 2.61. The van der Waals surface area contributed by atoms with Gasteiger partial charge in [-0.05, 0) is 37.3 Å². The van der Waals surface area contributed by atoms with Gasteiger partial charge in [-0.25, -0.2) is 13.6 Å². The molecule has 0 bridgehead atoms. The SMILES string of the molecule is C/C(=N/Nc1ccc(S(N)(=O)=O)cc1)c1cccnc1. The standard InChI is InChI=1S/C13H14N4O2S/c1-10(11-3-2-8-15-9-11)16-17-12-4-6-13(7-5-12)20(14,18)19/h2-9,17H,1H3,(H2,14,18,19)/b16-10-. The molecule has 0 fully saturated rings. The van der Waals surface area contributed by atoms with Gasteiger partial charge in [0.05, 0.1) is 16.3 Å². The lowest BCUT2D eigenvalue weighted by atomic mass is 10.2. The normalized spacial score (nSPS) is 12.2. The second-order valence-corrected chi connectivity index (χ2v) is 5.68. The number of rotatable bonds is 4. The third-order valence-corrected chi connectivity index (χ3v) is 3.54. The van der Waals surface area contributed by atoms with Gasteiger partial charge >= 0.3 is 0 Å². The van der Waals surface area contributed by atoms with Crippen molar-refractivity contribution < 1.29 is 8.42 Å². The van der Waals surface area contributed by atoms with Crippen LogP contribution in [0.15, 0.2) is 58.8 Å². The Kier molecular flexibility index (Phi) is 4.11. The number of primary sulfonamides is 1. The topological polar surface area (TPSA) is 97.4 Å². The Labute approximate surface area is 117 Å². The van der Waals surface area contributed by atoms with E-state index in [-0.39, 0.29) is 4.90 Å². The summed E-state index contributed by atoms with van der Waals surface area (Å²) in [6.07, 6.45) is 3.40. The summed E-state index contributed by atoms with van der Waals surface area (Å²) >= 11 is 0. The van der Waals surface area contributed by atoms with Crippen LogP contribution in [0.4, 0.5) is 5.69 Å². The van der Waals surface area contributed by atoms with E-state index >= 15 is 0 Å². The second kappa shape index (κ2) is 5.81. The first-order valence-electron chi connectivity index (χ1n) is 5.80. The van der Waals surface area contributed by atoms with Gasteiger partial charge in [-0.15, -0.1) is 0 Å². The number of nitrogens with zero attached hydrogens (tertiary/aromatic N) is 2. The van der Waals surface area contributed by atoms with Gasteiger partial charge in [0, 0.05) is 18.0 Å². The van der Waals surface area contributed by atoms with Crippen molar-refractivity contribution in [1.82, 2.24) is 4.98 Å². The van der Waals surface area contributed by atoms with Gasteiger partial charge in [0.1, 0.15) is 0 Å². The first-order chi connectivity index (χ1) is 9.47. The largest absolute Gasteiger partial charge is 0.278 e. The van der Waals surface area contributed by atoms with Crippen molar-refractivity contribution in [1.29, 1.82) is 0 Å². The molecular formula is C13H14N4O2S. The highest BCUT2D eigenvalue weighted by atomic mass is 32.2. The first kappa shape index (κ1) is 14.2. The number of hydrogen-bond donors (Lipinski definition) is 2. The quantitative estimate of drug-likeness (QED) is 0.659. The molecule has 0 spiro atoms. The zero-order valence-electron chi connectivity index (χ0n) is 10.8. The van der Waals surface area contributed by atoms with Crippen LogP contribution in [0.3, 0.4) is 0 Å². The number of aromatic nitrogens is 1. The van der Waals surface area contributed by atoms with Gasteiger partial charge < -0.3 is 0 Å². The number of anilines is 1. The molecule has 0 saturated carbocycles. The van der Waals surface area contributed by atoms with E-state index in [0.29, 0.717) is 5.69 Å². The summed E-state index contributed by atoms with van der Waals surface area (Å²) in [5.74, 6) is 0. The molecule has 6 nitrogen and oxygen atoms in total. The fourth-order valence-electron chi connectivity index (χ4n) is 1.51. The van der Waals surface area contributed by atoms with E-state index in [0.717, 1.165) is 11.3 Å². The number of sulfonamides is 1. The fourth-order valence-corrected chi connectivity index (χ4v) is 2.02. The predicted molar refractivity (Wildman–Crippen MR) is 77.9 cm³/mol. The minimum absolute atomic E-state index is 0.0658. The molecule has 2 aromatic rings. The molecule has 0 radical (unpaired) electrons. The van der Waals surface area contributed by atoms with Crippen LogP contribution in [0.25, 0.3) is 0 Å². The maximum Gasteiger partial charge on any atom is 0.238 e. The number of hydrogen-bond acceptors (Lipinski definition) is 5. The van der Waals surface area contributed by atoms with E-state index in [4.69, 9.17) is 5.14 Å². The lowest BCUT2D eigenvalue weighted by Gasteiger charge is -2.04. The highest BCUT2D eigenvalue weighted by Gasteiger charge is 2.06. The van der Waals surface area contributed by atoms with Crippen LogP contribution in [0, 0.1) is 0 Å². The van der Waals surface area contributed by atoms with Crippen molar-refractivity contribution in [2.24, 2.45) is 10.2 Å². The minimum Gasteiger partial charge on any atom is -0.278 e. The van der Waals surface area contributed by atoms with Crippen LogP contribution in [0.2, 0.25) is 0 Å². The lowest BCUT2D eigenvalue weighted by molar-refractivity contribution is 0.598. The molecule has 1 heterocycles. The van der Waals surface area contributed by atoms with Crippen molar-refractivity contribution in [3.63, 3.8) is 0 Å².